The molecule has 2 aromatic rings. The summed E-state index contributed by atoms with van der Waals surface area (Å²) in [5.74, 6) is 1.34. The Bertz CT molecular complexity index is 781. The zero-order valence-corrected chi connectivity index (χ0v) is 14.5. The lowest BCUT2D eigenvalue weighted by Gasteiger charge is -2.29. The summed E-state index contributed by atoms with van der Waals surface area (Å²) >= 11 is 5.59. The predicted octanol–water partition coefficient (Wildman–Crippen LogP) is 4.13. The van der Waals surface area contributed by atoms with Gasteiger partial charge in [0.25, 0.3) is 0 Å². The molecule has 0 amide bonds. The van der Waals surface area contributed by atoms with Crippen molar-refractivity contribution in [3.63, 3.8) is 0 Å². The Kier molecular flexibility index (Phi) is 4.44. The molecule has 2 heterocycles. The molecule has 1 atom stereocenters. The van der Waals surface area contributed by atoms with E-state index in [4.69, 9.17) is 21.7 Å². The predicted molar refractivity (Wildman–Crippen MR) is 98.7 cm³/mol. The summed E-state index contributed by atoms with van der Waals surface area (Å²) in [5, 5.41) is 3.86. The molecule has 0 spiro atoms. The smallest absolute Gasteiger partial charge is 0.173 e. The van der Waals surface area contributed by atoms with Gasteiger partial charge in [-0.3, -0.25) is 0 Å². The van der Waals surface area contributed by atoms with Crippen LogP contribution < -0.4 is 14.8 Å². The minimum atomic E-state index is -0.258. The van der Waals surface area contributed by atoms with Crippen LogP contribution >= 0.6 is 12.2 Å². The Balaban J connectivity index is 1.51. The van der Waals surface area contributed by atoms with E-state index in [0.717, 1.165) is 36.6 Å². The van der Waals surface area contributed by atoms with E-state index in [1.165, 1.54) is 17.7 Å². The molecule has 1 N–H and O–H groups in total. The van der Waals surface area contributed by atoms with Crippen molar-refractivity contribution in [3.8, 4) is 11.5 Å². The average molecular weight is 358 g/mol. The van der Waals surface area contributed by atoms with Crippen LogP contribution in [0.1, 0.15) is 24.4 Å². The molecule has 4 rings (SSSR count). The maximum absolute atomic E-state index is 13.1. The zero-order valence-electron chi connectivity index (χ0n) is 13.7. The van der Waals surface area contributed by atoms with Crippen LogP contribution in [0.2, 0.25) is 0 Å². The van der Waals surface area contributed by atoms with Crippen molar-refractivity contribution in [3.05, 3.63) is 53.8 Å². The summed E-state index contributed by atoms with van der Waals surface area (Å²) in [6, 6.07) is 12.5. The number of fused-ring (bicyclic) bond motifs is 1. The van der Waals surface area contributed by atoms with Crippen LogP contribution in [0.3, 0.4) is 0 Å². The summed E-state index contributed by atoms with van der Waals surface area (Å²) in [5.41, 5.74) is 1.96. The fourth-order valence-electron chi connectivity index (χ4n) is 3.35. The lowest BCUT2D eigenvalue weighted by molar-refractivity contribution is 0.171. The van der Waals surface area contributed by atoms with Gasteiger partial charge in [0.2, 0.25) is 0 Å². The van der Waals surface area contributed by atoms with Crippen LogP contribution in [0.25, 0.3) is 0 Å². The molecule has 1 saturated heterocycles. The van der Waals surface area contributed by atoms with Gasteiger partial charge in [-0.2, -0.15) is 0 Å². The Labute approximate surface area is 151 Å². The number of thiocarbonyl (C=S) groups is 1. The average Bonchev–Trinajstić information content (AvgIpc) is 3.13. The van der Waals surface area contributed by atoms with Crippen molar-refractivity contribution in [2.45, 2.75) is 18.9 Å². The van der Waals surface area contributed by atoms with E-state index in [1.807, 2.05) is 6.07 Å². The van der Waals surface area contributed by atoms with Gasteiger partial charge < -0.3 is 19.7 Å². The first-order valence-electron chi connectivity index (χ1n) is 8.43. The Morgan fingerprint density at radius 3 is 2.64 bits per heavy atom. The molecule has 0 aromatic heterocycles. The summed E-state index contributed by atoms with van der Waals surface area (Å²) < 4.78 is 24.3. The van der Waals surface area contributed by atoms with Crippen molar-refractivity contribution >= 4 is 23.0 Å². The SMILES string of the molecule is Fc1ccc(NC(=S)N2CCC[C@@H]2c2ccc3c(c2)OCCO3)cc1. The van der Waals surface area contributed by atoms with E-state index in [2.05, 4.69) is 22.3 Å². The maximum atomic E-state index is 13.1. The van der Waals surface area contributed by atoms with Gasteiger partial charge in [0.15, 0.2) is 16.6 Å². The second kappa shape index (κ2) is 6.88. The number of likely N-dealkylation sites (tertiary alicyclic amines) is 1. The first kappa shape index (κ1) is 16.1. The van der Waals surface area contributed by atoms with Crippen molar-refractivity contribution in [2.24, 2.45) is 0 Å². The van der Waals surface area contributed by atoms with Crippen LogP contribution in [-0.4, -0.2) is 29.8 Å². The first-order chi connectivity index (χ1) is 12.2. The molecule has 0 bridgehead atoms. The van der Waals surface area contributed by atoms with Crippen LogP contribution in [-0.2, 0) is 0 Å². The van der Waals surface area contributed by atoms with Crippen LogP contribution in [0, 0.1) is 5.82 Å². The molecule has 0 radical (unpaired) electrons. The number of halogens is 1. The van der Waals surface area contributed by atoms with Gasteiger partial charge in [0.05, 0.1) is 6.04 Å². The molecule has 0 aliphatic carbocycles. The number of ether oxygens (including phenoxy) is 2. The highest BCUT2D eigenvalue weighted by molar-refractivity contribution is 7.80. The second-order valence-electron chi connectivity index (χ2n) is 6.19. The molecule has 2 aliphatic rings. The summed E-state index contributed by atoms with van der Waals surface area (Å²) in [7, 11) is 0. The van der Waals surface area contributed by atoms with Crippen molar-refractivity contribution in [2.75, 3.05) is 25.1 Å². The Hall–Kier alpha value is -2.34. The van der Waals surface area contributed by atoms with Crippen LogP contribution in [0.15, 0.2) is 42.5 Å². The van der Waals surface area contributed by atoms with Crippen molar-refractivity contribution < 1.29 is 13.9 Å². The molecule has 0 unspecified atom stereocenters. The normalized spacial score (nSPS) is 18.9. The van der Waals surface area contributed by atoms with Gasteiger partial charge in [-0.1, -0.05) is 6.07 Å². The third-order valence-electron chi connectivity index (χ3n) is 4.56. The van der Waals surface area contributed by atoms with E-state index in [1.54, 1.807) is 12.1 Å². The molecule has 6 heteroatoms. The van der Waals surface area contributed by atoms with Crippen LogP contribution in [0.4, 0.5) is 10.1 Å². The number of hydrogen-bond acceptors (Lipinski definition) is 3. The number of rotatable bonds is 2. The van der Waals surface area contributed by atoms with E-state index in [0.29, 0.717) is 18.3 Å². The van der Waals surface area contributed by atoms with Gasteiger partial charge in [0.1, 0.15) is 19.0 Å². The van der Waals surface area contributed by atoms with E-state index in [9.17, 15) is 4.39 Å². The molecule has 4 nitrogen and oxygen atoms in total. The maximum Gasteiger partial charge on any atom is 0.173 e. The van der Waals surface area contributed by atoms with E-state index < -0.39 is 0 Å². The lowest BCUT2D eigenvalue weighted by atomic mass is 10.0. The topological polar surface area (TPSA) is 33.7 Å². The number of nitrogens with zero attached hydrogens (tertiary/aromatic N) is 1. The van der Waals surface area contributed by atoms with Crippen molar-refractivity contribution in [1.29, 1.82) is 0 Å². The van der Waals surface area contributed by atoms with Crippen LogP contribution in [0.5, 0.6) is 11.5 Å². The summed E-state index contributed by atoms with van der Waals surface area (Å²) in [4.78, 5) is 2.18. The van der Waals surface area contributed by atoms with Crippen molar-refractivity contribution in [1.82, 2.24) is 4.90 Å². The third-order valence-corrected chi connectivity index (χ3v) is 4.90. The first-order valence-corrected chi connectivity index (χ1v) is 8.84. The zero-order chi connectivity index (χ0) is 17.2. The van der Waals surface area contributed by atoms with Gasteiger partial charge in [-0.05, 0) is 67.0 Å². The Morgan fingerprint density at radius 1 is 1.08 bits per heavy atom. The lowest BCUT2D eigenvalue weighted by Crippen LogP contribution is -2.34. The molecular formula is C19H19FN2O2S. The standard InChI is InChI=1S/C19H19FN2O2S/c20-14-4-6-15(7-5-14)21-19(25)22-9-1-2-16(22)13-3-8-17-18(12-13)24-11-10-23-17/h3-8,12,16H,1-2,9-11H2,(H,21,25)/t16-/m1/s1. The molecule has 0 saturated carbocycles. The van der Waals surface area contributed by atoms with E-state index >= 15 is 0 Å². The highest BCUT2D eigenvalue weighted by Crippen LogP contribution is 2.38. The number of anilines is 1. The quantitative estimate of drug-likeness (QED) is 0.817. The highest BCUT2D eigenvalue weighted by atomic mass is 32.1. The molecule has 2 aromatic carbocycles. The summed E-state index contributed by atoms with van der Waals surface area (Å²) in [6.07, 6.45) is 2.11. The van der Waals surface area contributed by atoms with Gasteiger partial charge in [0, 0.05) is 12.2 Å². The number of hydrogen-bond donors (Lipinski definition) is 1. The molecule has 2 aliphatic heterocycles. The highest BCUT2D eigenvalue weighted by Gasteiger charge is 2.29. The fourth-order valence-corrected chi connectivity index (χ4v) is 3.69. The third kappa shape index (κ3) is 3.39. The fraction of sp³-hybridized carbons (Fsp3) is 0.316. The van der Waals surface area contributed by atoms with E-state index in [-0.39, 0.29) is 11.9 Å². The molecule has 1 fully saturated rings. The van der Waals surface area contributed by atoms with Gasteiger partial charge in [-0.25, -0.2) is 4.39 Å². The molecular weight excluding hydrogens is 339 g/mol. The number of benzene rings is 2. The Morgan fingerprint density at radius 2 is 1.84 bits per heavy atom. The summed E-state index contributed by atoms with van der Waals surface area (Å²) in [6.45, 7) is 2.06. The van der Waals surface area contributed by atoms with Gasteiger partial charge in [-0.15, -0.1) is 0 Å². The largest absolute Gasteiger partial charge is 0.486 e. The monoisotopic (exact) mass is 358 g/mol. The second-order valence-corrected chi connectivity index (χ2v) is 6.58. The van der Waals surface area contributed by atoms with Gasteiger partial charge >= 0.3 is 0 Å². The minimum Gasteiger partial charge on any atom is -0.486 e. The molecule has 25 heavy (non-hydrogen) atoms. The minimum absolute atomic E-state index is 0.205. The molecule has 130 valence electrons. The number of nitrogens with one attached hydrogen (secondary N) is 1.